The average Bonchev–Trinajstić information content (AvgIpc) is 2.61. The predicted molar refractivity (Wildman–Crippen MR) is 97.2 cm³/mol. The molecule has 0 saturated carbocycles. The Morgan fingerprint density at radius 1 is 1.08 bits per heavy atom. The van der Waals surface area contributed by atoms with Gasteiger partial charge in [0.05, 0.1) is 21.3 Å². The van der Waals surface area contributed by atoms with Crippen LogP contribution in [-0.2, 0) is 20.3 Å². The molecule has 0 aromatic heterocycles. The van der Waals surface area contributed by atoms with E-state index < -0.39 is 34.7 Å². The number of nitrogens with one attached hydrogen (secondary N) is 1. The van der Waals surface area contributed by atoms with E-state index in [0.29, 0.717) is 16.1 Å². The van der Waals surface area contributed by atoms with Crippen molar-refractivity contribution >= 4 is 34.3 Å². The van der Waals surface area contributed by atoms with E-state index in [1.165, 1.54) is 43.5 Å². The Morgan fingerprint density at radius 3 is 2.27 bits per heavy atom. The van der Waals surface area contributed by atoms with E-state index in [1.54, 1.807) is 18.2 Å². The molecule has 0 spiro atoms. The van der Waals surface area contributed by atoms with Crippen LogP contribution in [0.1, 0.15) is 27.6 Å². The van der Waals surface area contributed by atoms with E-state index in [-0.39, 0.29) is 5.56 Å². The number of carbonyl (C=O) groups excluding carboxylic acids is 3. The summed E-state index contributed by atoms with van der Waals surface area (Å²) in [5.41, 5.74) is 6.04. The summed E-state index contributed by atoms with van der Waals surface area (Å²) >= 11 is 0. The standard InChI is InChI=1S/C18H18N2O5S/c1-11(17(22)20-13-9-7-12(8-10-13)16(19)21)25-18(23)14-5-3-4-6-15(14)26(2)24/h3-11H,1-2H3,(H2,19,21)(H,20,22)/t11-,26+/m1/s1. The highest BCUT2D eigenvalue weighted by atomic mass is 32.2. The van der Waals surface area contributed by atoms with Crippen molar-refractivity contribution in [2.24, 2.45) is 5.73 Å². The van der Waals surface area contributed by atoms with Crippen LogP contribution in [-0.4, -0.2) is 34.4 Å². The highest BCUT2D eigenvalue weighted by Gasteiger charge is 2.21. The van der Waals surface area contributed by atoms with Gasteiger partial charge in [-0.1, -0.05) is 12.1 Å². The smallest absolute Gasteiger partial charge is 0.340 e. The Labute approximate surface area is 153 Å². The molecule has 2 aromatic rings. The fourth-order valence-corrected chi connectivity index (χ4v) is 2.86. The molecule has 2 rings (SSSR count). The number of benzene rings is 2. The molecule has 26 heavy (non-hydrogen) atoms. The Morgan fingerprint density at radius 2 is 1.69 bits per heavy atom. The van der Waals surface area contributed by atoms with Gasteiger partial charge in [0.2, 0.25) is 5.91 Å². The number of rotatable bonds is 6. The molecule has 0 bridgehead atoms. The first-order valence-electron chi connectivity index (χ1n) is 7.63. The second-order valence-electron chi connectivity index (χ2n) is 5.43. The summed E-state index contributed by atoms with van der Waals surface area (Å²) in [5, 5.41) is 2.57. The van der Waals surface area contributed by atoms with Gasteiger partial charge < -0.3 is 15.8 Å². The quantitative estimate of drug-likeness (QED) is 0.747. The van der Waals surface area contributed by atoms with E-state index in [2.05, 4.69) is 5.32 Å². The minimum Gasteiger partial charge on any atom is -0.449 e. The van der Waals surface area contributed by atoms with Gasteiger partial charge in [-0.25, -0.2) is 4.79 Å². The summed E-state index contributed by atoms with van der Waals surface area (Å²) in [7, 11) is -1.36. The number of carbonyl (C=O) groups is 3. The zero-order valence-electron chi connectivity index (χ0n) is 14.2. The SMILES string of the molecule is C[C@@H](OC(=O)c1ccccc1[S@](C)=O)C(=O)Nc1ccc(C(N)=O)cc1. The van der Waals surface area contributed by atoms with Crippen LogP contribution in [0.5, 0.6) is 0 Å². The Kier molecular flexibility index (Phi) is 6.24. The Balaban J connectivity index is 2.04. The first-order valence-corrected chi connectivity index (χ1v) is 9.19. The number of hydrogen-bond donors (Lipinski definition) is 2. The maximum absolute atomic E-state index is 12.3. The molecule has 0 radical (unpaired) electrons. The lowest BCUT2D eigenvalue weighted by Crippen LogP contribution is -2.30. The first-order chi connectivity index (χ1) is 12.3. The number of ether oxygens (including phenoxy) is 1. The molecule has 2 aromatic carbocycles. The maximum atomic E-state index is 12.3. The van der Waals surface area contributed by atoms with E-state index in [9.17, 15) is 18.6 Å². The van der Waals surface area contributed by atoms with Gasteiger partial charge >= 0.3 is 5.97 Å². The summed E-state index contributed by atoms with van der Waals surface area (Å²) < 4.78 is 16.9. The molecule has 0 aliphatic carbocycles. The van der Waals surface area contributed by atoms with Gasteiger partial charge in [-0.2, -0.15) is 0 Å². The zero-order valence-corrected chi connectivity index (χ0v) is 15.0. The van der Waals surface area contributed by atoms with Gasteiger partial charge in [-0.05, 0) is 43.3 Å². The maximum Gasteiger partial charge on any atom is 0.340 e. The van der Waals surface area contributed by atoms with E-state index >= 15 is 0 Å². The van der Waals surface area contributed by atoms with Crippen molar-refractivity contribution in [2.75, 3.05) is 11.6 Å². The van der Waals surface area contributed by atoms with Crippen LogP contribution in [0.3, 0.4) is 0 Å². The van der Waals surface area contributed by atoms with Gasteiger partial charge in [0.25, 0.3) is 5.91 Å². The molecular weight excluding hydrogens is 356 g/mol. The predicted octanol–water partition coefficient (Wildman–Crippen LogP) is 1.71. The number of nitrogens with two attached hydrogens (primary N) is 1. The Hall–Kier alpha value is -3.00. The molecule has 136 valence electrons. The summed E-state index contributed by atoms with van der Waals surface area (Å²) in [6.45, 7) is 1.43. The van der Waals surface area contributed by atoms with Crippen molar-refractivity contribution in [3.8, 4) is 0 Å². The van der Waals surface area contributed by atoms with Crippen LogP contribution in [0, 0.1) is 0 Å². The molecule has 8 heteroatoms. The van der Waals surface area contributed by atoms with Crippen LogP contribution in [0.15, 0.2) is 53.4 Å². The van der Waals surface area contributed by atoms with Gasteiger partial charge in [0.15, 0.2) is 6.10 Å². The van der Waals surface area contributed by atoms with Crippen molar-refractivity contribution in [3.63, 3.8) is 0 Å². The fourth-order valence-electron chi connectivity index (χ4n) is 2.13. The first kappa shape index (κ1) is 19.3. The van der Waals surface area contributed by atoms with Crippen molar-refractivity contribution in [2.45, 2.75) is 17.9 Å². The van der Waals surface area contributed by atoms with Crippen LogP contribution < -0.4 is 11.1 Å². The molecule has 7 nitrogen and oxygen atoms in total. The van der Waals surface area contributed by atoms with Crippen molar-refractivity contribution in [1.82, 2.24) is 0 Å². The molecule has 2 atom stereocenters. The molecule has 0 heterocycles. The van der Waals surface area contributed by atoms with E-state index in [1.807, 2.05) is 0 Å². The second kappa shape index (κ2) is 8.39. The summed E-state index contributed by atoms with van der Waals surface area (Å²) in [5.74, 6) is -1.85. The second-order valence-corrected chi connectivity index (χ2v) is 6.78. The Bertz CT molecular complexity index is 864. The third-order valence-corrected chi connectivity index (χ3v) is 4.48. The minimum atomic E-state index is -1.36. The summed E-state index contributed by atoms with van der Waals surface area (Å²) in [4.78, 5) is 35.8. The number of primary amides is 1. The number of anilines is 1. The highest BCUT2D eigenvalue weighted by molar-refractivity contribution is 7.84. The van der Waals surface area contributed by atoms with Gasteiger partial charge in [-0.3, -0.25) is 13.8 Å². The molecule has 0 aliphatic rings. The van der Waals surface area contributed by atoms with Crippen LogP contribution >= 0.6 is 0 Å². The topological polar surface area (TPSA) is 116 Å². The zero-order chi connectivity index (χ0) is 19.3. The van der Waals surface area contributed by atoms with E-state index in [0.717, 1.165) is 0 Å². The van der Waals surface area contributed by atoms with Gasteiger partial charge in [0, 0.05) is 17.5 Å². The molecule has 0 unspecified atom stereocenters. The monoisotopic (exact) mass is 374 g/mol. The normalized spacial score (nSPS) is 12.7. The lowest BCUT2D eigenvalue weighted by molar-refractivity contribution is -0.123. The van der Waals surface area contributed by atoms with Crippen molar-refractivity contribution < 1.29 is 23.3 Å². The number of hydrogen-bond acceptors (Lipinski definition) is 5. The molecule has 0 fully saturated rings. The highest BCUT2D eigenvalue weighted by Crippen LogP contribution is 2.15. The third kappa shape index (κ3) is 4.76. The number of amides is 2. The minimum absolute atomic E-state index is 0.152. The molecule has 3 N–H and O–H groups in total. The van der Waals surface area contributed by atoms with E-state index in [4.69, 9.17) is 10.5 Å². The lowest BCUT2D eigenvalue weighted by atomic mass is 10.2. The largest absolute Gasteiger partial charge is 0.449 e. The molecule has 0 aliphatic heterocycles. The van der Waals surface area contributed by atoms with Crippen molar-refractivity contribution in [3.05, 3.63) is 59.7 Å². The number of esters is 1. The molecule has 0 saturated heterocycles. The molecular formula is C18H18N2O5S. The van der Waals surface area contributed by atoms with Gasteiger partial charge in [0.1, 0.15) is 0 Å². The molecule has 2 amide bonds. The van der Waals surface area contributed by atoms with Crippen LogP contribution in [0.2, 0.25) is 0 Å². The van der Waals surface area contributed by atoms with Gasteiger partial charge in [-0.15, -0.1) is 0 Å². The third-order valence-electron chi connectivity index (χ3n) is 3.51. The van der Waals surface area contributed by atoms with Crippen LogP contribution in [0.25, 0.3) is 0 Å². The summed E-state index contributed by atoms with van der Waals surface area (Å²) in [6.07, 6.45) is 0.384. The average molecular weight is 374 g/mol. The van der Waals surface area contributed by atoms with Crippen LogP contribution in [0.4, 0.5) is 5.69 Å². The fraction of sp³-hybridized carbons (Fsp3) is 0.167. The summed E-state index contributed by atoms with van der Waals surface area (Å²) in [6, 6.07) is 12.3. The lowest BCUT2D eigenvalue weighted by Gasteiger charge is -2.14. The van der Waals surface area contributed by atoms with Crippen molar-refractivity contribution in [1.29, 1.82) is 0 Å².